The van der Waals surface area contributed by atoms with Gasteiger partial charge in [0.25, 0.3) is 0 Å². The zero-order valence-corrected chi connectivity index (χ0v) is 18.1. The number of rotatable bonds is 4. The number of furan rings is 1. The molecule has 0 spiro atoms. The van der Waals surface area contributed by atoms with Gasteiger partial charge in [-0.25, -0.2) is 0 Å². The third kappa shape index (κ3) is 3.54. The smallest absolute Gasteiger partial charge is 0.143 e. The molecule has 5 aromatic rings. The van der Waals surface area contributed by atoms with Gasteiger partial charge in [-0.1, -0.05) is 84.9 Å². The summed E-state index contributed by atoms with van der Waals surface area (Å²) in [7, 11) is 0. The maximum absolute atomic E-state index is 6.68. The van der Waals surface area contributed by atoms with Crippen LogP contribution in [-0.2, 0) is 6.42 Å². The van der Waals surface area contributed by atoms with Gasteiger partial charge in [0.05, 0.1) is 0 Å². The minimum atomic E-state index is 0.875. The van der Waals surface area contributed by atoms with Gasteiger partial charge in [-0.15, -0.1) is 0 Å². The van der Waals surface area contributed by atoms with Crippen LogP contribution in [0.2, 0.25) is 0 Å². The van der Waals surface area contributed by atoms with Crippen molar-refractivity contribution in [1.82, 2.24) is 4.98 Å². The second-order valence-corrected chi connectivity index (χ2v) is 8.18. The fourth-order valence-electron chi connectivity index (χ4n) is 4.54. The van der Waals surface area contributed by atoms with Crippen molar-refractivity contribution in [1.29, 1.82) is 0 Å². The lowest BCUT2D eigenvalue weighted by Gasteiger charge is -2.10. The molecule has 1 aliphatic rings. The molecule has 3 aromatic carbocycles. The van der Waals surface area contributed by atoms with E-state index in [0.29, 0.717) is 0 Å². The quantitative estimate of drug-likeness (QED) is 0.294. The third-order valence-corrected chi connectivity index (χ3v) is 6.11. The summed E-state index contributed by atoms with van der Waals surface area (Å²) in [6, 6.07) is 33.1. The van der Waals surface area contributed by atoms with Gasteiger partial charge in [-0.3, -0.25) is 4.98 Å². The number of benzene rings is 2. The van der Waals surface area contributed by atoms with Crippen molar-refractivity contribution in [2.75, 3.05) is 0 Å². The van der Waals surface area contributed by atoms with Crippen molar-refractivity contribution in [3.8, 4) is 44.9 Å². The van der Waals surface area contributed by atoms with Crippen LogP contribution in [0.15, 0.2) is 102 Å². The van der Waals surface area contributed by atoms with Crippen LogP contribution < -0.4 is 0 Å². The van der Waals surface area contributed by atoms with Crippen LogP contribution in [0.3, 0.4) is 0 Å². The molecule has 0 atom stereocenters. The molecule has 0 N–H and O–H groups in total. The van der Waals surface area contributed by atoms with Gasteiger partial charge < -0.3 is 4.42 Å². The fourth-order valence-corrected chi connectivity index (χ4v) is 4.54. The lowest BCUT2D eigenvalue weighted by Crippen LogP contribution is -1.94. The van der Waals surface area contributed by atoms with Crippen molar-refractivity contribution in [2.45, 2.75) is 12.8 Å². The Bertz CT molecular complexity index is 1450. The molecule has 2 heterocycles. The number of nitrogens with zero attached hydrogens (tertiary/aromatic N) is 1. The van der Waals surface area contributed by atoms with Crippen LogP contribution in [0.4, 0.5) is 0 Å². The molecule has 0 saturated heterocycles. The number of hydrogen-bond donors (Lipinski definition) is 0. The third-order valence-electron chi connectivity index (χ3n) is 6.11. The van der Waals surface area contributed by atoms with E-state index in [4.69, 9.17) is 4.42 Å². The summed E-state index contributed by atoms with van der Waals surface area (Å²) >= 11 is 0. The molecular formula is C31H21NO. The van der Waals surface area contributed by atoms with Gasteiger partial charge in [0.1, 0.15) is 11.5 Å². The molecule has 6 rings (SSSR count). The van der Waals surface area contributed by atoms with Gasteiger partial charge >= 0.3 is 0 Å². The second kappa shape index (κ2) is 8.30. The largest absolute Gasteiger partial charge is 0.455 e. The Morgan fingerprint density at radius 3 is 2.42 bits per heavy atom. The first-order chi connectivity index (χ1) is 16.4. The topological polar surface area (TPSA) is 26.0 Å². The Kier molecular flexibility index (Phi) is 4.86. The summed E-state index contributed by atoms with van der Waals surface area (Å²) in [6.45, 7) is 0. The van der Waals surface area contributed by atoms with E-state index in [1.807, 2.05) is 42.7 Å². The maximum Gasteiger partial charge on any atom is 0.143 e. The maximum atomic E-state index is 6.68. The minimum Gasteiger partial charge on any atom is -0.455 e. The first kappa shape index (κ1) is 19.3. The highest BCUT2D eigenvalue weighted by molar-refractivity contribution is 5.87. The summed E-state index contributed by atoms with van der Waals surface area (Å²) in [4.78, 5) is 4.54. The van der Waals surface area contributed by atoms with E-state index in [1.54, 1.807) is 0 Å². The predicted octanol–water partition coefficient (Wildman–Crippen LogP) is 7.90. The summed E-state index contributed by atoms with van der Waals surface area (Å²) in [5.74, 6) is 1.81. The Morgan fingerprint density at radius 1 is 0.758 bits per heavy atom. The first-order valence-electron chi connectivity index (χ1n) is 11.2. The second-order valence-electron chi connectivity index (χ2n) is 8.18. The van der Waals surface area contributed by atoms with Crippen LogP contribution in [-0.4, -0.2) is 4.98 Å². The van der Waals surface area contributed by atoms with Gasteiger partial charge in [0.15, 0.2) is 0 Å². The van der Waals surface area contributed by atoms with Crippen LogP contribution >= 0.6 is 0 Å². The predicted molar refractivity (Wildman–Crippen MR) is 133 cm³/mol. The molecule has 2 heteroatoms. The highest BCUT2D eigenvalue weighted by atomic mass is 16.3. The fraction of sp³-hybridized carbons (Fsp3) is 0.0645. The Labute approximate surface area is 193 Å². The van der Waals surface area contributed by atoms with E-state index in [-0.39, 0.29) is 0 Å². The number of aromatic nitrogens is 1. The molecule has 0 unspecified atom stereocenters. The zero-order chi connectivity index (χ0) is 22.0. The normalized spacial score (nSPS) is 12.2. The lowest BCUT2D eigenvalue weighted by molar-refractivity contribution is 0.594. The monoisotopic (exact) mass is 423 g/mol. The molecule has 0 saturated carbocycles. The van der Waals surface area contributed by atoms with E-state index in [9.17, 15) is 0 Å². The Morgan fingerprint density at radius 2 is 1.58 bits per heavy atom. The molecule has 1 aliphatic carbocycles. The minimum absolute atomic E-state index is 0.875. The van der Waals surface area contributed by atoms with Crippen molar-refractivity contribution < 1.29 is 4.42 Å². The van der Waals surface area contributed by atoms with Crippen molar-refractivity contribution >= 4 is 6.08 Å². The molecule has 0 aliphatic heterocycles. The highest BCUT2D eigenvalue weighted by Gasteiger charge is 2.24. The molecule has 0 radical (unpaired) electrons. The molecule has 156 valence electrons. The van der Waals surface area contributed by atoms with Crippen LogP contribution in [0, 0.1) is 12.1 Å². The van der Waals surface area contributed by atoms with Crippen molar-refractivity contribution in [3.05, 3.63) is 121 Å². The van der Waals surface area contributed by atoms with E-state index in [1.165, 1.54) is 5.56 Å². The van der Waals surface area contributed by atoms with Gasteiger partial charge in [-0.05, 0) is 36.6 Å². The Hall–Kier alpha value is -4.35. The SMILES string of the molecule is c1cccc(-c2ccccc2-c2oc(-c3cncc(-c4ccccc4)c3)c3c2CCC=C3)c#1. The van der Waals surface area contributed by atoms with Crippen molar-refractivity contribution in [2.24, 2.45) is 0 Å². The first-order valence-corrected chi connectivity index (χ1v) is 11.2. The van der Waals surface area contributed by atoms with Gasteiger partial charge in [-0.2, -0.15) is 0 Å². The summed E-state index contributed by atoms with van der Waals surface area (Å²) < 4.78 is 6.68. The number of allylic oxidation sites excluding steroid dienone is 1. The molecule has 2 nitrogen and oxygen atoms in total. The summed E-state index contributed by atoms with van der Waals surface area (Å²) in [5, 5.41) is 0. The van der Waals surface area contributed by atoms with Crippen LogP contribution in [0.5, 0.6) is 0 Å². The van der Waals surface area contributed by atoms with E-state index < -0.39 is 0 Å². The standard InChI is InChI=1S/C31H21NO/c1-3-11-22(12-4-1)24-19-25(21-32-20-24)30-28-17-9-10-18-29(28)31(33-30)27-16-8-7-15-26(27)23-13-5-2-6-14-23/h1-5,7-9,11-13,15-17,19-21H,10,18H2. The van der Waals surface area contributed by atoms with Crippen LogP contribution in [0.25, 0.3) is 51.0 Å². The molecule has 2 aromatic heterocycles. The number of fused-ring (bicyclic) bond motifs is 1. The van der Waals surface area contributed by atoms with E-state index in [0.717, 1.165) is 63.3 Å². The average Bonchev–Trinajstić information content (AvgIpc) is 3.29. The number of hydrogen-bond acceptors (Lipinski definition) is 2. The summed E-state index contributed by atoms with van der Waals surface area (Å²) in [5.41, 5.74) is 8.81. The van der Waals surface area contributed by atoms with Gasteiger partial charge in [0, 0.05) is 51.3 Å². The molecule has 0 bridgehead atoms. The zero-order valence-electron chi connectivity index (χ0n) is 18.1. The molecule has 33 heavy (non-hydrogen) atoms. The Balaban J connectivity index is 1.53. The number of pyridine rings is 1. The van der Waals surface area contributed by atoms with Crippen LogP contribution in [0.1, 0.15) is 17.5 Å². The average molecular weight is 424 g/mol. The molecule has 0 amide bonds. The summed E-state index contributed by atoms with van der Waals surface area (Å²) in [6.07, 6.45) is 10.2. The lowest BCUT2D eigenvalue weighted by atomic mass is 9.91. The highest BCUT2D eigenvalue weighted by Crippen LogP contribution is 2.43. The molecule has 0 fully saturated rings. The van der Waals surface area contributed by atoms with E-state index >= 15 is 0 Å². The molecular weight excluding hydrogens is 402 g/mol. The van der Waals surface area contributed by atoms with Crippen molar-refractivity contribution in [3.63, 3.8) is 0 Å². The van der Waals surface area contributed by atoms with Gasteiger partial charge in [0.2, 0.25) is 0 Å². The van der Waals surface area contributed by atoms with E-state index in [2.05, 4.69) is 77.8 Å².